The average molecular weight is 99.1 g/mol. The highest BCUT2D eigenvalue weighted by Gasteiger charge is 1.79. The van der Waals surface area contributed by atoms with Crippen LogP contribution in [0, 0.1) is 5.53 Å². The van der Waals surface area contributed by atoms with E-state index < -0.39 is 0 Å². The van der Waals surface area contributed by atoms with E-state index in [0.717, 1.165) is 0 Å². The van der Waals surface area contributed by atoms with Crippen LogP contribution in [0.1, 0.15) is 0 Å². The van der Waals surface area contributed by atoms with Gasteiger partial charge in [0, 0.05) is 0 Å². The number of hydrogen-bond acceptors (Lipinski definition) is 3. The standard InChI is InChI=1S/C3H7N4/c1-5-2-3-6-7-4/h4H,1-3H2/q+1. The summed E-state index contributed by atoms with van der Waals surface area (Å²) in [6.07, 6.45) is 0. The molecule has 0 rings (SSSR count). The Morgan fingerprint density at radius 3 is 2.71 bits per heavy atom. The summed E-state index contributed by atoms with van der Waals surface area (Å²) in [5.41, 5.74) is 6.18. The minimum Gasteiger partial charge on any atom is -0.299 e. The lowest BCUT2D eigenvalue weighted by Gasteiger charge is -1.69. The Morgan fingerprint density at radius 1 is 1.57 bits per heavy atom. The largest absolute Gasteiger partial charge is 0.299 e. The first-order chi connectivity index (χ1) is 3.41. The number of aliphatic imine (C=N–C) groups is 1. The third-order valence-corrected chi connectivity index (χ3v) is 0.429. The summed E-state index contributed by atoms with van der Waals surface area (Å²) >= 11 is 0. The van der Waals surface area contributed by atoms with Gasteiger partial charge < -0.3 is 0 Å². The molecule has 0 heterocycles. The van der Waals surface area contributed by atoms with Crippen molar-refractivity contribution >= 4 is 6.72 Å². The molecule has 0 aliphatic rings. The maximum Gasteiger partial charge on any atom is 0.214 e. The van der Waals surface area contributed by atoms with Gasteiger partial charge in [-0.2, -0.15) is 0 Å². The van der Waals surface area contributed by atoms with Gasteiger partial charge in [0.1, 0.15) is 17.2 Å². The highest BCUT2D eigenvalue weighted by molar-refractivity contribution is 5.23. The van der Waals surface area contributed by atoms with Gasteiger partial charge in [0.2, 0.25) is 4.91 Å². The molecule has 4 nitrogen and oxygen atoms in total. The van der Waals surface area contributed by atoms with E-state index >= 15 is 0 Å². The van der Waals surface area contributed by atoms with E-state index in [9.17, 15) is 0 Å². The third-order valence-electron chi connectivity index (χ3n) is 0.429. The van der Waals surface area contributed by atoms with Crippen LogP contribution in [0.2, 0.25) is 0 Å². The molecule has 1 N–H and O–H groups in total. The molecule has 0 fully saturated rings. The quantitative estimate of drug-likeness (QED) is 0.228. The third kappa shape index (κ3) is 4.98. The van der Waals surface area contributed by atoms with Gasteiger partial charge in [-0.1, -0.05) is 0 Å². The summed E-state index contributed by atoms with van der Waals surface area (Å²) in [4.78, 5) is 6.25. The molecule has 0 aliphatic heterocycles. The van der Waals surface area contributed by atoms with Crippen molar-refractivity contribution in [2.75, 3.05) is 13.1 Å². The molecule has 0 bridgehead atoms. The van der Waals surface area contributed by atoms with Crippen LogP contribution in [-0.4, -0.2) is 19.8 Å². The Labute approximate surface area is 41.5 Å². The first-order valence-electron chi connectivity index (χ1n) is 1.87. The summed E-state index contributed by atoms with van der Waals surface area (Å²) in [7, 11) is 0. The molecule has 0 aromatic heterocycles. The topological polar surface area (TPSA) is 62.7 Å². The van der Waals surface area contributed by atoms with Crippen molar-refractivity contribution in [1.82, 2.24) is 4.91 Å². The van der Waals surface area contributed by atoms with Crippen LogP contribution in [0.3, 0.4) is 0 Å². The van der Waals surface area contributed by atoms with Crippen LogP contribution < -0.4 is 4.91 Å². The SMILES string of the molecule is C=NCCN=[N+]=N. The van der Waals surface area contributed by atoms with Gasteiger partial charge in [-0.3, -0.25) is 4.99 Å². The van der Waals surface area contributed by atoms with Crippen molar-refractivity contribution in [3.05, 3.63) is 0 Å². The zero-order valence-corrected chi connectivity index (χ0v) is 3.96. The minimum absolute atomic E-state index is 0.479. The molecular weight excluding hydrogens is 92.1 g/mol. The zero-order valence-electron chi connectivity index (χ0n) is 3.96. The van der Waals surface area contributed by atoms with Crippen LogP contribution in [-0.2, 0) is 0 Å². The second-order valence-corrected chi connectivity index (χ2v) is 0.912. The molecule has 0 aliphatic carbocycles. The lowest BCUT2D eigenvalue weighted by Crippen LogP contribution is -1.82. The number of nitrogens with zero attached hydrogens (tertiary/aromatic N) is 3. The molecule has 0 radical (unpaired) electrons. The van der Waals surface area contributed by atoms with Crippen molar-refractivity contribution < 1.29 is 0 Å². The zero-order chi connectivity index (χ0) is 5.54. The predicted molar refractivity (Wildman–Crippen MR) is 26.6 cm³/mol. The van der Waals surface area contributed by atoms with Crippen molar-refractivity contribution in [3.63, 3.8) is 0 Å². The van der Waals surface area contributed by atoms with E-state index in [1.54, 1.807) is 0 Å². The Kier molecular flexibility index (Phi) is 4.25. The Hall–Kier alpha value is -1.02. The van der Waals surface area contributed by atoms with Crippen LogP contribution in [0.4, 0.5) is 0 Å². The average Bonchev–Trinajstić information content (AvgIpc) is 1.69. The molecule has 0 saturated carbocycles. The molecule has 7 heavy (non-hydrogen) atoms. The highest BCUT2D eigenvalue weighted by Crippen LogP contribution is 1.64. The number of rotatable bonds is 3. The van der Waals surface area contributed by atoms with Crippen molar-refractivity contribution in [3.8, 4) is 0 Å². The lowest BCUT2D eigenvalue weighted by molar-refractivity contribution is 0.844. The summed E-state index contributed by atoms with van der Waals surface area (Å²) in [6, 6.07) is 0. The van der Waals surface area contributed by atoms with E-state index in [1.807, 2.05) is 0 Å². The monoisotopic (exact) mass is 99.1 g/mol. The van der Waals surface area contributed by atoms with E-state index in [4.69, 9.17) is 5.53 Å². The fourth-order valence-corrected chi connectivity index (χ4v) is 0.165. The smallest absolute Gasteiger partial charge is 0.214 e. The molecule has 0 unspecified atom stereocenters. The van der Waals surface area contributed by atoms with Gasteiger partial charge in [-0.25, -0.2) is 0 Å². The second-order valence-electron chi connectivity index (χ2n) is 0.912. The van der Waals surface area contributed by atoms with Gasteiger partial charge in [0.05, 0.1) is 6.54 Å². The number of nitrogens with one attached hydrogen (secondary N) is 1. The second kappa shape index (κ2) is 4.98. The van der Waals surface area contributed by atoms with Gasteiger partial charge >= 0.3 is 0 Å². The number of hydrogen-bond donors (Lipinski definition) is 1. The highest BCUT2D eigenvalue weighted by atomic mass is 15.1. The van der Waals surface area contributed by atoms with E-state index in [2.05, 4.69) is 21.7 Å². The van der Waals surface area contributed by atoms with Crippen molar-refractivity contribution in [2.45, 2.75) is 0 Å². The molecule has 38 valence electrons. The molecular formula is C3H7N4+. The first kappa shape index (κ1) is 5.98. The summed E-state index contributed by atoms with van der Waals surface area (Å²) in [5.74, 6) is 0. The molecule has 0 spiro atoms. The molecule has 0 aromatic rings. The maximum absolute atomic E-state index is 6.18. The Balaban J connectivity index is 2.97. The van der Waals surface area contributed by atoms with Gasteiger partial charge in [-0.15, -0.1) is 0 Å². The fraction of sp³-hybridized carbons (Fsp3) is 0.667. The predicted octanol–water partition coefficient (Wildman–Crippen LogP) is 0.237. The lowest BCUT2D eigenvalue weighted by atomic mass is 10.7. The van der Waals surface area contributed by atoms with Crippen LogP contribution in [0.15, 0.2) is 10.1 Å². The molecule has 0 aromatic carbocycles. The van der Waals surface area contributed by atoms with Crippen LogP contribution >= 0.6 is 0 Å². The van der Waals surface area contributed by atoms with Crippen LogP contribution in [0.25, 0.3) is 0 Å². The molecule has 0 saturated heterocycles. The van der Waals surface area contributed by atoms with E-state index in [-0.39, 0.29) is 0 Å². The van der Waals surface area contributed by atoms with Crippen molar-refractivity contribution in [2.24, 2.45) is 10.1 Å². The van der Waals surface area contributed by atoms with Gasteiger partial charge in [0.25, 0.3) is 0 Å². The summed E-state index contributed by atoms with van der Waals surface area (Å²) in [5, 5.41) is 3.32. The van der Waals surface area contributed by atoms with Crippen molar-refractivity contribution in [1.29, 1.82) is 5.53 Å². The molecule has 4 heteroatoms. The normalized spacial score (nSPS) is 6.86. The summed E-state index contributed by atoms with van der Waals surface area (Å²) in [6.45, 7) is 4.26. The summed E-state index contributed by atoms with van der Waals surface area (Å²) < 4.78 is 0. The maximum atomic E-state index is 6.18. The van der Waals surface area contributed by atoms with E-state index in [1.165, 1.54) is 0 Å². The minimum atomic E-state index is 0.479. The molecule has 0 amide bonds. The Bertz CT molecular complexity index is 91.1. The van der Waals surface area contributed by atoms with Gasteiger partial charge in [0.15, 0.2) is 0 Å². The molecule has 0 atom stereocenters. The Morgan fingerprint density at radius 2 is 2.29 bits per heavy atom. The first-order valence-corrected chi connectivity index (χ1v) is 1.87. The van der Waals surface area contributed by atoms with Crippen LogP contribution in [0.5, 0.6) is 0 Å². The van der Waals surface area contributed by atoms with E-state index in [0.29, 0.717) is 13.1 Å². The van der Waals surface area contributed by atoms with Gasteiger partial charge in [-0.05, 0) is 6.72 Å². The fourth-order valence-electron chi connectivity index (χ4n) is 0.165.